The van der Waals surface area contributed by atoms with Crippen molar-refractivity contribution < 1.29 is 9.53 Å². The quantitative estimate of drug-likeness (QED) is 0.752. The summed E-state index contributed by atoms with van der Waals surface area (Å²) in [6.45, 7) is 4.99. The highest BCUT2D eigenvalue weighted by atomic mass is 16.5. The summed E-state index contributed by atoms with van der Waals surface area (Å²) in [5.41, 5.74) is -0.413. The first kappa shape index (κ1) is 14.0. The van der Waals surface area contributed by atoms with E-state index in [1.54, 1.807) is 0 Å². The number of ketones is 1. The molecule has 0 aliphatic heterocycles. The van der Waals surface area contributed by atoms with Gasteiger partial charge in [-0.3, -0.25) is 4.79 Å². The molecule has 0 radical (unpaired) electrons. The summed E-state index contributed by atoms with van der Waals surface area (Å²) in [7, 11) is 0. The van der Waals surface area contributed by atoms with E-state index in [0.717, 1.165) is 44.4 Å². The molecule has 2 fully saturated rings. The zero-order valence-electron chi connectivity index (χ0n) is 12.0. The Hall–Kier alpha value is -0.370. The lowest BCUT2D eigenvalue weighted by atomic mass is 9.71. The van der Waals surface area contributed by atoms with Gasteiger partial charge in [0, 0.05) is 12.5 Å². The number of ether oxygens (including phenoxy) is 1. The molecule has 2 nitrogen and oxygen atoms in total. The van der Waals surface area contributed by atoms with Gasteiger partial charge in [0.2, 0.25) is 0 Å². The van der Waals surface area contributed by atoms with Gasteiger partial charge in [-0.2, -0.15) is 0 Å². The molecule has 0 heterocycles. The Morgan fingerprint density at radius 2 is 1.72 bits per heavy atom. The average molecular weight is 252 g/mol. The summed E-state index contributed by atoms with van der Waals surface area (Å²) >= 11 is 0. The number of Topliss-reactive ketones (excluding diaryl/α,β-unsaturated/α-hetero) is 1. The monoisotopic (exact) mass is 252 g/mol. The highest BCUT2D eigenvalue weighted by molar-refractivity contribution is 5.89. The second-order valence-electron chi connectivity index (χ2n) is 6.31. The van der Waals surface area contributed by atoms with Crippen LogP contribution in [0.2, 0.25) is 0 Å². The first-order chi connectivity index (χ1) is 8.68. The average Bonchev–Trinajstić information content (AvgIpc) is 2.42. The van der Waals surface area contributed by atoms with Crippen LogP contribution in [-0.2, 0) is 9.53 Å². The van der Waals surface area contributed by atoms with Gasteiger partial charge >= 0.3 is 0 Å². The normalized spacial score (nSPS) is 34.4. The van der Waals surface area contributed by atoms with Crippen LogP contribution in [0.25, 0.3) is 0 Å². The minimum atomic E-state index is -0.413. The van der Waals surface area contributed by atoms with E-state index in [0.29, 0.717) is 18.3 Å². The molecule has 18 heavy (non-hydrogen) atoms. The lowest BCUT2D eigenvalue weighted by Crippen LogP contribution is -2.48. The second kappa shape index (κ2) is 6.18. The van der Waals surface area contributed by atoms with Gasteiger partial charge in [0.1, 0.15) is 5.60 Å². The van der Waals surface area contributed by atoms with E-state index in [-0.39, 0.29) is 0 Å². The molecule has 0 atom stereocenters. The maximum absolute atomic E-state index is 12.8. The maximum atomic E-state index is 12.8. The van der Waals surface area contributed by atoms with Gasteiger partial charge in [0.15, 0.2) is 5.78 Å². The molecule has 2 rings (SSSR count). The second-order valence-corrected chi connectivity index (χ2v) is 6.31. The van der Waals surface area contributed by atoms with Crippen LogP contribution < -0.4 is 0 Å². The molecule has 104 valence electrons. The largest absolute Gasteiger partial charge is 0.367 e. The van der Waals surface area contributed by atoms with Crippen molar-refractivity contribution in [2.24, 2.45) is 11.8 Å². The Balaban J connectivity index is 2.05. The van der Waals surface area contributed by atoms with Crippen molar-refractivity contribution in [1.82, 2.24) is 0 Å². The standard InChI is InChI=1S/C16H28O2/c1-3-18-16(11-9-13(2)10-12-16)15(17)14-7-5-4-6-8-14/h13-14H,3-12H2,1-2H3. The topological polar surface area (TPSA) is 26.3 Å². The summed E-state index contributed by atoms with van der Waals surface area (Å²) in [6, 6.07) is 0. The van der Waals surface area contributed by atoms with Crippen molar-refractivity contribution in [2.75, 3.05) is 6.61 Å². The molecule has 0 spiro atoms. The molecule has 0 aromatic carbocycles. The molecule has 0 unspecified atom stereocenters. The van der Waals surface area contributed by atoms with Crippen LogP contribution >= 0.6 is 0 Å². The SMILES string of the molecule is CCOC1(C(=O)C2CCCCC2)CCC(C)CC1. The van der Waals surface area contributed by atoms with Crippen LogP contribution in [0.3, 0.4) is 0 Å². The van der Waals surface area contributed by atoms with Crippen molar-refractivity contribution in [1.29, 1.82) is 0 Å². The fourth-order valence-electron chi connectivity index (χ4n) is 3.70. The molecule has 0 saturated heterocycles. The third-order valence-electron chi connectivity index (χ3n) is 4.93. The zero-order valence-corrected chi connectivity index (χ0v) is 12.0. The fourth-order valence-corrected chi connectivity index (χ4v) is 3.70. The molecule has 2 aliphatic rings. The number of rotatable bonds is 4. The highest BCUT2D eigenvalue weighted by Crippen LogP contribution is 2.39. The lowest BCUT2D eigenvalue weighted by Gasteiger charge is -2.40. The van der Waals surface area contributed by atoms with Gasteiger partial charge in [0.25, 0.3) is 0 Å². The van der Waals surface area contributed by atoms with E-state index in [4.69, 9.17) is 4.74 Å². The number of hydrogen-bond acceptors (Lipinski definition) is 2. The van der Waals surface area contributed by atoms with Gasteiger partial charge < -0.3 is 4.74 Å². The van der Waals surface area contributed by atoms with Gasteiger partial charge in [-0.15, -0.1) is 0 Å². The van der Waals surface area contributed by atoms with E-state index in [1.165, 1.54) is 19.3 Å². The van der Waals surface area contributed by atoms with E-state index < -0.39 is 5.60 Å². The number of hydrogen-bond donors (Lipinski definition) is 0. The smallest absolute Gasteiger partial charge is 0.167 e. The Kier molecular flexibility index (Phi) is 4.83. The van der Waals surface area contributed by atoms with E-state index in [9.17, 15) is 4.79 Å². The molecule has 2 aliphatic carbocycles. The van der Waals surface area contributed by atoms with Crippen molar-refractivity contribution in [3.05, 3.63) is 0 Å². The molecule has 0 N–H and O–H groups in total. The predicted octanol–water partition coefficient (Wildman–Crippen LogP) is 4.12. The highest BCUT2D eigenvalue weighted by Gasteiger charge is 2.44. The van der Waals surface area contributed by atoms with Crippen molar-refractivity contribution in [3.63, 3.8) is 0 Å². The van der Waals surface area contributed by atoms with Crippen LogP contribution in [0.15, 0.2) is 0 Å². The van der Waals surface area contributed by atoms with Gasteiger partial charge in [-0.05, 0) is 51.4 Å². The minimum Gasteiger partial charge on any atom is -0.367 e. The molecule has 0 aromatic heterocycles. The number of carbonyl (C=O) groups is 1. The van der Waals surface area contributed by atoms with E-state index in [1.807, 2.05) is 6.92 Å². The summed E-state index contributed by atoms with van der Waals surface area (Å²) in [6.07, 6.45) is 10.2. The Morgan fingerprint density at radius 1 is 1.11 bits per heavy atom. The minimum absolute atomic E-state index is 0.290. The predicted molar refractivity (Wildman–Crippen MR) is 73.6 cm³/mol. The van der Waals surface area contributed by atoms with Crippen LogP contribution in [0.4, 0.5) is 0 Å². The third-order valence-corrected chi connectivity index (χ3v) is 4.93. The van der Waals surface area contributed by atoms with E-state index in [2.05, 4.69) is 6.92 Å². The van der Waals surface area contributed by atoms with Crippen molar-refractivity contribution in [2.45, 2.75) is 77.2 Å². The zero-order chi connectivity index (χ0) is 13.0. The van der Waals surface area contributed by atoms with Crippen molar-refractivity contribution >= 4 is 5.78 Å². The fraction of sp³-hybridized carbons (Fsp3) is 0.938. The Bertz CT molecular complexity index is 271. The third kappa shape index (κ3) is 2.96. The van der Waals surface area contributed by atoms with Crippen LogP contribution in [0.5, 0.6) is 0 Å². The van der Waals surface area contributed by atoms with Crippen LogP contribution in [-0.4, -0.2) is 18.0 Å². The summed E-state index contributed by atoms with van der Waals surface area (Å²) in [4.78, 5) is 12.8. The summed E-state index contributed by atoms with van der Waals surface area (Å²) in [5, 5.41) is 0. The molecule has 2 heteroatoms. The number of carbonyl (C=O) groups excluding carboxylic acids is 1. The van der Waals surface area contributed by atoms with Gasteiger partial charge in [-0.25, -0.2) is 0 Å². The van der Waals surface area contributed by atoms with Gasteiger partial charge in [0.05, 0.1) is 0 Å². The van der Waals surface area contributed by atoms with Crippen molar-refractivity contribution in [3.8, 4) is 0 Å². The molecule has 0 bridgehead atoms. The molecular weight excluding hydrogens is 224 g/mol. The first-order valence-corrected chi connectivity index (χ1v) is 7.86. The van der Waals surface area contributed by atoms with Crippen LogP contribution in [0, 0.1) is 11.8 Å². The molecule has 2 saturated carbocycles. The molecular formula is C16H28O2. The maximum Gasteiger partial charge on any atom is 0.167 e. The van der Waals surface area contributed by atoms with Crippen LogP contribution in [0.1, 0.15) is 71.6 Å². The Labute approximate surface area is 111 Å². The summed E-state index contributed by atoms with van der Waals surface area (Å²) < 4.78 is 5.98. The lowest BCUT2D eigenvalue weighted by molar-refractivity contribution is -0.155. The molecule has 0 amide bonds. The Morgan fingerprint density at radius 3 is 2.28 bits per heavy atom. The first-order valence-electron chi connectivity index (χ1n) is 7.86. The molecule has 0 aromatic rings. The van der Waals surface area contributed by atoms with Gasteiger partial charge in [-0.1, -0.05) is 26.2 Å². The van der Waals surface area contributed by atoms with E-state index >= 15 is 0 Å². The summed E-state index contributed by atoms with van der Waals surface area (Å²) in [5.74, 6) is 1.49.